The maximum absolute atomic E-state index is 12.8. The molecule has 6 heteroatoms. The van der Waals surface area contributed by atoms with Gasteiger partial charge in [-0.25, -0.2) is 4.39 Å². The van der Waals surface area contributed by atoms with Crippen LogP contribution in [0.3, 0.4) is 0 Å². The number of aromatic nitrogens is 2. The van der Waals surface area contributed by atoms with Gasteiger partial charge in [0.25, 0.3) is 0 Å². The zero-order valence-electron chi connectivity index (χ0n) is 8.94. The third-order valence-electron chi connectivity index (χ3n) is 2.13. The molecule has 17 heavy (non-hydrogen) atoms. The van der Waals surface area contributed by atoms with Gasteiger partial charge in [-0.2, -0.15) is 5.10 Å². The fourth-order valence-electron chi connectivity index (χ4n) is 1.34. The lowest BCUT2D eigenvalue weighted by molar-refractivity contribution is 0.291. The van der Waals surface area contributed by atoms with E-state index in [2.05, 4.69) is 5.10 Å². The van der Waals surface area contributed by atoms with Crippen LogP contribution >= 0.6 is 11.6 Å². The molecule has 2 rings (SSSR count). The SMILES string of the molecule is Nc1ccn(CCOc2ccc(F)cc2Cl)n1. The zero-order chi connectivity index (χ0) is 12.3. The second-order valence-corrected chi connectivity index (χ2v) is 3.83. The summed E-state index contributed by atoms with van der Waals surface area (Å²) in [5.74, 6) is 0.528. The minimum Gasteiger partial charge on any atom is -0.490 e. The molecule has 0 aliphatic rings. The Morgan fingerprint density at radius 2 is 2.24 bits per heavy atom. The molecule has 0 saturated carbocycles. The third kappa shape index (κ3) is 3.10. The van der Waals surface area contributed by atoms with Crippen LogP contribution in [0.15, 0.2) is 30.5 Å². The van der Waals surface area contributed by atoms with Crippen LogP contribution in [0.1, 0.15) is 0 Å². The molecule has 0 unspecified atom stereocenters. The first-order chi connectivity index (χ1) is 8.15. The maximum Gasteiger partial charge on any atom is 0.145 e. The number of ether oxygens (including phenoxy) is 1. The van der Waals surface area contributed by atoms with Crippen LogP contribution in [0.2, 0.25) is 5.02 Å². The van der Waals surface area contributed by atoms with Gasteiger partial charge < -0.3 is 10.5 Å². The fraction of sp³-hybridized carbons (Fsp3) is 0.182. The van der Waals surface area contributed by atoms with Crippen molar-refractivity contribution in [3.8, 4) is 5.75 Å². The molecule has 0 spiro atoms. The number of anilines is 1. The van der Waals surface area contributed by atoms with E-state index in [0.717, 1.165) is 0 Å². The summed E-state index contributed by atoms with van der Waals surface area (Å²) in [5, 5.41) is 4.25. The average molecular weight is 256 g/mol. The van der Waals surface area contributed by atoms with E-state index in [-0.39, 0.29) is 10.8 Å². The highest BCUT2D eigenvalue weighted by Gasteiger charge is 2.03. The number of halogens is 2. The molecule has 0 radical (unpaired) electrons. The smallest absolute Gasteiger partial charge is 0.145 e. The van der Waals surface area contributed by atoms with Gasteiger partial charge in [-0.15, -0.1) is 0 Å². The molecular formula is C11H11ClFN3O. The van der Waals surface area contributed by atoms with E-state index in [1.807, 2.05) is 0 Å². The van der Waals surface area contributed by atoms with Crippen molar-refractivity contribution >= 4 is 17.4 Å². The van der Waals surface area contributed by atoms with Gasteiger partial charge in [-0.3, -0.25) is 4.68 Å². The molecule has 0 aliphatic heterocycles. The molecule has 90 valence electrons. The number of hydrogen-bond donors (Lipinski definition) is 1. The molecule has 0 amide bonds. The van der Waals surface area contributed by atoms with E-state index in [0.29, 0.717) is 24.7 Å². The normalized spacial score (nSPS) is 10.5. The molecule has 0 saturated heterocycles. The first-order valence-electron chi connectivity index (χ1n) is 5.02. The van der Waals surface area contributed by atoms with Crippen molar-refractivity contribution in [2.24, 2.45) is 0 Å². The number of nitrogens with zero attached hydrogens (tertiary/aromatic N) is 2. The summed E-state index contributed by atoms with van der Waals surface area (Å²) >= 11 is 5.81. The Morgan fingerprint density at radius 1 is 1.41 bits per heavy atom. The van der Waals surface area contributed by atoms with Crippen molar-refractivity contribution in [3.63, 3.8) is 0 Å². The Morgan fingerprint density at radius 3 is 2.88 bits per heavy atom. The van der Waals surface area contributed by atoms with Gasteiger partial charge in [0, 0.05) is 6.20 Å². The molecule has 0 bridgehead atoms. The summed E-state index contributed by atoms with van der Waals surface area (Å²) in [5.41, 5.74) is 5.47. The highest BCUT2D eigenvalue weighted by molar-refractivity contribution is 6.32. The molecular weight excluding hydrogens is 245 g/mol. The van der Waals surface area contributed by atoms with Crippen LogP contribution in [0.4, 0.5) is 10.2 Å². The summed E-state index contributed by atoms with van der Waals surface area (Å²) in [4.78, 5) is 0. The van der Waals surface area contributed by atoms with E-state index >= 15 is 0 Å². The van der Waals surface area contributed by atoms with Crippen LogP contribution in [0, 0.1) is 5.82 Å². The molecule has 2 N–H and O–H groups in total. The van der Waals surface area contributed by atoms with Crippen LogP contribution in [-0.2, 0) is 6.54 Å². The second-order valence-electron chi connectivity index (χ2n) is 3.43. The van der Waals surface area contributed by atoms with Crippen molar-refractivity contribution in [2.75, 3.05) is 12.3 Å². The van der Waals surface area contributed by atoms with E-state index in [4.69, 9.17) is 22.1 Å². The van der Waals surface area contributed by atoms with E-state index < -0.39 is 0 Å². The zero-order valence-corrected chi connectivity index (χ0v) is 9.69. The Balaban J connectivity index is 1.90. The summed E-state index contributed by atoms with van der Waals surface area (Å²) in [6.45, 7) is 0.928. The van der Waals surface area contributed by atoms with Gasteiger partial charge in [0.15, 0.2) is 0 Å². The lowest BCUT2D eigenvalue weighted by Gasteiger charge is -2.07. The fourth-order valence-corrected chi connectivity index (χ4v) is 1.57. The lowest BCUT2D eigenvalue weighted by atomic mass is 10.3. The number of benzene rings is 1. The van der Waals surface area contributed by atoms with Crippen LogP contribution in [0.25, 0.3) is 0 Å². The summed E-state index contributed by atoms with van der Waals surface area (Å²) in [7, 11) is 0. The second kappa shape index (κ2) is 5.05. The number of nitrogens with two attached hydrogens (primary N) is 1. The minimum absolute atomic E-state index is 0.255. The van der Waals surface area contributed by atoms with Gasteiger partial charge in [-0.1, -0.05) is 11.6 Å². The van der Waals surface area contributed by atoms with Crippen LogP contribution in [0.5, 0.6) is 5.75 Å². The van der Waals surface area contributed by atoms with Crippen molar-refractivity contribution in [2.45, 2.75) is 6.54 Å². The predicted octanol–water partition coefficient (Wildman–Crippen LogP) is 2.34. The van der Waals surface area contributed by atoms with Gasteiger partial charge in [0.05, 0.1) is 11.6 Å². The summed E-state index contributed by atoms with van der Waals surface area (Å²) < 4.78 is 19.8. The van der Waals surface area contributed by atoms with Crippen LogP contribution < -0.4 is 10.5 Å². The number of nitrogen functional groups attached to an aromatic ring is 1. The number of hydrogen-bond acceptors (Lipinski definition) is 3. The van der Waals surface area contributed by atoms with E-state index in [1.54, 1.807) is 16.9 Å². The van der Waals surface area contributed by atoms with Gasteiger partial charge in [-0.05, 0) is 24.3 Å². The Bertz CT molecular complexity index is 515. The Labute approximate surface area is 103 Å². The molecule has 1 aromatic carbocycles. The van der Waals surface area contributed by atoms with Gasteiger partial charge in [0.1, 0.15) is 24.0 Å². The molecule has 2 aromatic rings. The maximum atomic E-state index is 12.8. The largest absolute Gasteiger partial charge is 0.490 e. The topological polar surface area (TPSA) is 53.1 Å². The first kappa shape index (κ1) is 11.7. The van der Waals surface area contributed by atoms with Crippen molar-refractivity contribution in [1.29, 1.82) is 0 Å². The predicted molar refractivity (Wildman–Crippen MR) is 63.5 cm³/mol. The molecule has 4 nitrogen and oxygen atoms in total. The van der Waals surface area contributed by atoms with Crippen molar-refractivity contribution < 1.29 is 9.13 Å². The first-order valence-corrected chi connectivity index (χ1v) is 5.40. The highest BCUT2D eigenvalue weighted by Crippen LogP contribution is 2.24. The van der Waals surface area contributed by atoms with Crippen molar-refractivity contribution in [1.82, 2.24) is 9.78 Å². The monoisotopic (exact) mass is 255 g/mol. The quantitative estimate of drug-likeness (QED) is 0.912. The highest BCUT2D eigenvalue weighted by atomic mass is 35.5. The van der Waals surface area contributed by atoms with E-state index in [9.17, 15) is 4.39 Å². The standard InChI is InChI=1S/C11H11ClFN3O/c12-9-7-8(13)1-2-10(9)17-6-5-16-4-3-11(14)15-16/h1-4,7H,5-6H2,(H2,14,15). The van der Waals surface area contributed by atoms with Crippen LogP contribution in [-0.4, -0.2) is 16.4 Å². The average Bonchev–Trinajstić information content (AvgIpc) is 2.68. The van der Waals surface area contributed by atoms with Gasteiger partial charge in [0.2, 0.25) is 0 Å². The Kier molecular flexibility index (Phi) is 3.49. The molecule has 0 fully saturated rings. The summed E-state index contributed by atoms with van der Waals surface area (Å²) in [6, 6.07) is 5.70. The molecule has 0 aliphatic carbocycles. The molecule has 1 heterocycles. The van der Waals surface area contributed by atoms with Crippen molar-refractivity contribution in [3.05, 3.63) is 41.3 Å². The summed E-state index contributed by atoms with van der Waals surface area (Å²) in [6.07, 6.45) is 1.75. The minimum atomic E-state index is -0.387. The lowest BCUT2D eigenvalue weighted by Crippen LogP contribution is -2.09. The van der Waals surface area contributed by atoms with Gasteiger partial charge >= 0.3 is 0 Å². The Hall–Kier alpha value is -1.75. The molecule has 0 atom stereocenters. The number of rotatable bonds is 4. The molecule has 1 aromatic heterocycles. The third-order valence-corrected chi connectivity index (χ3v) is 2.43. The van der Waals surface area contributed by atoms with E-state index in [1.165, 1.54) is 18.2 Å².